The average Bonchev–Trinajstić information content (AvgIpc) is 2.30. The number of hydrogen-bond donors (Lipinski definition) is 1. The van der Waals surface area contributed by atoms with Crippen LogP contribution in [0, 0.1) is 5.82 Å². The summed E-state index contributed by atoms with van der Waals surface area (Å²) in [5.41, 5.74) is 0. The number of hydrogen-bond acceptors (Lipinski definition) is 3. The molecule has 0 aliphatic carbocycles. The Morgan fingerprint density at radius 2 is 2.47 bits per heavy atom. The number of piperidine rings is 1. The van der Waals surface area contributed by atoms with Crippen molar-refractivity contribution >= 4 is 5.82 Å². The Kier molecular flexibility index (Phi) is 3.16. The van der Waals surface area contributed by atoms with E-state index in [0.717, 1.165) is 25.9 Å². The van der Waals surface area contributed by atoms with Gasteiger partial charge in [0, 0.05) is 25.3 Å². The lowest BCUT2D eigenvalue weighted by Crippen LogP contribution is -2.45. The first-order valence-corrected chi connectivity index (χ1v) is 5.34. The zero-order chi connectivity index (χ0) is 10.7. The third kappa shape index (κ3) is 2.26. The van der Waals surface area contributed by atoms with Crippen molar-refractivity contribution in [1.29, 1.82) is 0 Å². The van der Waals surface area contributed by atoms with Crippen LogP contribution < -0.4 is 10.2 Å². The van der Waals surface area contributed by atoms with Crippen LogP contribution in [0.5, 0.6) is 0 Å². The van der Waals surface area contributed by atoms with Gasteiger partial charge >= 0.3 is 0 Å². The van der Waals surface area contributed by atoms with Gasteiger partial charge in [0.25, 0.3) is 0 Å². The minimum atomic E-state index is -0.228. The van der Waals surface area contributed by atoms with Gasteiger partial charge in [-0.1, -0.05) is 0 Å². The van der Waals surface area contributed by atoms with Crippen molar-refractivity contribution in [3.05, 3.63) is 24.1 Å². The van der Waals surface area contributed by atoms with E-state index in [2.05, 4.69) is 10.3 Å². The van der Waals surface area contributed by atoms with E-state index in [1.54, 1.807) is 12.3 Å². The predicted octanol–water partition coefficient (Wildman–Crippen LogP) is 1.41. The first-order chi connectivity index (χ1) is 7.31. The van der Waals surface area contributed by atoms with E-state index >= 15 is 0 Å². The van der Waals surface area contributed by atoms with E-state index in [0.29, 0.717) is 11.9 Å². The summed E-state index contributed by atoms with van der Waals surface area (Å²) >= 11 is 0. The molecular weight excluding hydrogens is 193 g/mol. The molecule has 1 aromatic rings. The normalized spacial score (nSPS) is 21.7. The van der Waals surface area contributed by atoms with Gasteiger partial charge < -0.3 is 10.2 Å². The molecule has 82 valence electrons. The van der Waals surface area contributed by atoms with Crippen LogP contribution in [0.25, 0.3) is 0 Å². The molecule has 2 heterocycles. The minimum Gasteiger partial charge on any atom is -0.353 e. The summed E-state index contributed by atoms with van der Waals surface area (Å²) in [6.45, 7) is 1.73. The third-order valence-electron chi connectivity index (χ3n) is 2.87. The number of likely N-dealkylation sites (N-methyl/N-ethyl adjacent to an activating group) is 1. The molecule has 0 radical (unpaired) electrons. The van der Waals surface area contributed by atoms with Crippen LogP contribution in [0.1, 0.15) is 12.8 Å². The molecule has 1 aliphatic heterocycles. The molecule has 1 aliphatic rings. The molecule has 2 rings (SSSR count). The maximum atomic E-state index is 13.5. The van der Waals surface area contributed by atoms with Crippen molar-refractivity contribution in [2.45, 2.75) is 18.9 Å². The van der Waals surface area contributed by atoms with Crippen molar-refractivity contribution in [1.82, 2.24) is 10.3 Å². The second-order valence-electron chi connectivity index (χ2n) is 3.88. The molecular formula is C11H16FN3. The summed E-state index contributed by atoms with van der Waals surface area (Å²) in [4.78, 5) is 6.11. The molecule has 4 heteroatoms. The van der Waals surface area contributed by atoms with E-state index in [4.69, 9.17) is 0 Å². The summed E-state index contributed by atoms with van der Waals surface area (Å²) in [7, 11) is 1.95. The lowest BCUT2D eigenvalue weighted by atomic mass is 10.1. The van der Waals surface area contributed by atoms with Crippen molar-refractivity contribution in [2.24, 2.45) is 0 Å². The Hall–Kier alpha value is -1.16. The van der Waals surface area contributed by atoms with Crippen LogP contribution in [0.15, 0.2) is 18.3 Å². The zero-order valence-electron chi connectivity index (χ0n) is 8.91. The maximum Gasteiger partial charge on any atom is 0.165 e. The van der Waals surface area contributed by atoms with E-state index in [1.165, 1.54) is 6.07 Å². The van der Waals surface area contributed by atoms with Crippen molar-refractivity contribution < 1.29 is 4.39 Å². The monoisotopic (exact) mass is 209 g/mol. The Balaban J connectivity index is 2.13. The predicted molar refractivity (Wildman–Crippen MR) is 58.5 cm³/mol. The van der Waals surface area contributed by atoms with Crippen molar-refractivity contribution in [3.63, 3.8) is 0 Å². The minimum absolute atomic E-state index is 0.228. The Morgan fingerprint density at radius 1 is 1.60 bits per heavy atom. The Morgan fingerprint density at radius 3 is 3.20 bits per heavy atom. The van der Waals surface area contributed by atoms with Gasteiger partial charge in [-0.05, 0) is 32.0 Å². The quantitative estimate of drug-likeness (QED) is 0.798. The van der Waals surface area contributed by atoms with Crippen molar-refractivity contribution in [2.75, 3.05) is 25.0 Å². The first-order valence-electron chi connectivity index (χ1n) is 5.34. The summed E-state index contributed by atoms with van der Waals surface area (Å²) < 4.78 is 13.5. The maximum absolute atomic E-state index is 13.5. The molecule has 1 fully saturated rings. The number of nitrogens with zero attached hydrogens (tertiary/aromatic N) is 2. The first kappa shape index (κ1) is 10.4. The fraction of sp³-hybridized carbons (Fsp3) is 0.545. The number of halogens is 1. The number of aromatic nitrogens is 1. The van der Waals surface area contributed by atoms with Gasteiger partial charge in [-0.15, -0.1) is 0 Å². The second-order valence-corrected chi connectivity index (χ2v) is 3.88. The summed E-state index contributed by atoms with van der Waals surface area (Å²) in [5, 5.41) is 3.23. The number of pyridine rings is 1. The van der Waals surface area contributed by atoms with E-state index in [-0.39, 0.29) is 5.82 Å². The Labute approximate surface area is 89.3 Å². The average molecular weight is 209 g/mol. The molecule has 1 aromatic heterocycles. The second kappa shape index (κ2) is 4.57. The molecule has 1 saturated heterocycles. The van der Waals surface area contributed by atoms with Gasteiger partial charge in [0.15, 0.2) is 11.6 Å². The van der Waals surface area contributed by atoms with Gasteiger partial charge in [0.1, 0.15) is 0 Å². The fourth-order valence-electron chi connectivity index (χ4n) is 2.02. The Bertz CT molecular complexity index is 329. The van der Waals surface area contributed by atoms with Crippen LogP contribution >= 0.6 is 0 Å². The molecule has 0 saturated carbocycles. The summed E-state index contributed by atoms with van der Waals surface area (Å²) in [6.07, 6.45) is 3.88. The van der Waals surface area contributed by atoms with Crippen LogP contribution in [0.3, 0.4) is 0 Å². The van der Waals surface area contributed by atoms with E-state index < -0.39 is 0 Å². The standard InChI is InChI=1S/C11H16FN3/c1-13-9-4-3-7-15(8-9)11-10(12)5-2-6-14-11/h2,5-6,9,13H,3-4,7-8H2,1H3. The highest BCUT2D eigenvalue weighted by Crippen LogP contribution is 2.20. The molecule has 1 unspecified atom stereocenters. The number of anilines is 1. The molecule has 15 heavy (non-hydrogen) atoms. The van der Waals surface area contributed by atoms with Gasteiger partial charge in [0.05, 0.1) is 0 Å². The summed E-state index contributed by atoms with van der Waals surface area (Å²) in [5.74, 6) is 0.256. The van der Waals surface area contributed by atoms with Crippen LogP contribution in [0.2, 0.25) is 0 Å². The molecule has 0 aromatic carbocycles. The lowest BCUT2D eigenvalue weighted by molar-refractivity contribution is 0.442. The topological polar surface area (TPSA) is 28.2 Å². The van der Waals surface area contributed by atoms with Crippen molar-refractivity contribution in [3.8, 4) is 0 Å². The molecule has 0 spiro atoms. The van der Waals surface area contributed by atoms with E-state index in [1.807, 2.05) is 11.9 Å². The molecule has 1 atom stereocenters. The molecule has 0 bridgehead atoms. The summed E-state index contributed by atoms with van der Waals surface area (Å²) in [6, 6.07) is 3.53. The zero-order valence-corrected chi connectivity index (χ0v) is 8.91. The molecule has 0 amide bonds. The third-order valence-corrected chi connectivity index (χ3v) is 2.87. The SMILES string of the molecule is CNC1CCCN(c2ncccc2F)C1. The van der Waals surface area contributed by atoms with Gasteiger partial charge in [-0.3, -0.25) is 0 Å². The van der Waals surface area contributed by atoms with Crippen LogP contribution in [0.4, 0.5) is 10.2 Å². The molecule has 3 nitrogen and oxygen atoms in total. The number of rotatable bonds is 2. The largest absolute Gasteiger partial charge is 0.353 e. The molecule has 1 N–H and O–H groups in total. The highest BCUT2D eigenvalue weighted by molar-refractivity contribution is 5.40. The lowest BCUT2D eigenvalue weighted by Gasteiger charge is -2.33. The smallest absolute Gasteiger partial charge is 0.165 e. The van der Waals surface area contributed by atoms with Crippen LogP contribution in [-0.2, 0) is 0 Å². The van der Waals surface area contributed by atoms with E-state index in [9.17, 15) is 4.39 Å². The van der Waals surface area contributed by atoms with Gasteiger partial charge in [-0.2, -0.15) is 0 Å². The highest BCUT2D eigenvalue weighted by Gasteiger charge is 2.21. The van der Waals surface area contributed by atoms with Gasteiger partial charge in [-0.25, -0.2) is 9.37 Å². The number of nitrogens with one attached hydrogen (secondary N) is 1. The highest BCUT2D eigenvalue weighted by atomic mass is 19.1. The fourth-order valence-corrected chi connectivity index (χ4v) is 2.02. The van der Waals surface area contributed by atoms with Gasteiger partial charge in [0.2, 0.25) is 0 Å². The van der Waals surface area contributed by atoms with Crippen LogP contribution in [-0.4, -0.2) is 31.2 Å².